The van der Waals surface area contributed by atoms with E-state index >= 15 is 0 Å². The molecule has 1 amide bonds. The van der Waals surface area contributed by atoms with Gasteiger partial charge in [-0.25, -0.2) is 15.2 Å². The lowest BCUT2D eigenvalue weighted by Crippen LogP contribution is -2.43. The second kappa shape index (κ2) is 3.98. The third-order valence-electron chi connectivity index (χ3n) is 2.80. The van der Waals surface area contributed by atoms with Crippen LogP contribution in [0.3, 0.4) is 0 Å². The minimum absolute atomic E-state index is 0.0556. The van der Waals surface area contributed by atoms with Crippen molar-refractivity contribution in [3.05, 3.63) is 30.1 Å². The quantitative estimate of drug-likeness (QED) is 0.458. The van der Waals surface area contributed by atoms with Crippen molar-refractivity contribution in [2.24, 2.45) is 11.8 Å². The number of hydrogen-bond donors (Lipinski definition) is 1. The number of amides is 1. The predicted molar refractivity (Wildman–Crippen MR) is 55.4 cm³/mol. The summed E-state index contributed by atoms with van der Waals surface area (Å²) < 4.78 is 12.6. The normalized spacial score (nSPS) is 15.9. The summed E-state index contributed by atoms with van der Waals surface area (Å²) in [5.74, 6) is 5.31. The molecule has 0 radical (unpaired) electrons. The molecule has 3 nitrogen and oxygen atoms in total. The Bertz CT molecular complexity index is 359. The average Bonchev–Trinajstić information content (AvgIpc) is 2.15. The molecular formula is C11H13FN2O. The minimum Gasteiger partial charge on any atom is -0.273 e. The summed E-state index contributed by atoms with van der Waals surface area (Å²) in [6.07, 6.45) is 2.91. The maximum atomic E-state index is 12.6. The summed E-state index contributed by atoms with van der Waals surface area (Å²) in [4.78, 5) is 11.7. The van der Waals surface area contributed by atoms with Gasteiger partial charge in [0, 0.05) is 5.92 Å². The van der Waals surface area contributed by atoms with Gasteiger partial charge in [0.05, 0.1) is 5.69 Å². The fourth-order valence-electron chi connectivity index (χ4n) is 1.58. The molecule has 2 N–H and O–H groups in total. The van der Waals surface area contributed by atoms with Gasteiger partial charge in [0.1, 0.15) is 5.82 Å². The summed E-state index contributed by atoms with van der Waals surface area (Å²) in [6.45, 7) is 0. The molecular weight excluding hydrogens is 195 g/mol. The number of nitrogens with zero attached hydrogens (tertiary/aromatic N) is 1. The Morgan fingerprint density at radius 3 is 2.40 bits per heavy atom. The van der Waals surface area contributed by atoms with Crippen molar-refractivity contribution >= 4 is 11.6 Å². The Labute approximate surface area is 87.6 Å². The molecule has 1 aliphatic carbocycles. The molecule has 0 unspecified atom stereocenters. The van der Waals surface area contributed by atoms with Crippen LogP contribution in [0.2, 0.25) is 0 Å². The molecule has 1 fully saturated rings. The van der Waals surface area contributed by atoms with Gasteiger partial charge in [0.15, 0.2) is 0 Å². The fraction of sp³-hybridized carbons (Fsp3) is 0.364. The van der Waals surface area contributed by atoms with Gasteiger partial charge in [-0.2, -0.15) is 0 Å². The first kappa shape index (κ1) is 10.1. The summed E-state index contributed by atoms with van der Waals surface area (Å²) in [6, 6.07) is 5.60. The molecule has 4 heteroatoms. The van der Waals surface area contributed by atoms with E-state index in [2.05, 4.69) is 0 Å². The SMILES string of the molecule is NN(C(=O)C1CCC1)c1ccc(F)cc1. The van der Waals surface area contributed by atoms with Gasteiger partial charge in [-0.3, -0.25) is 4.79 Å². The summed E-state index contributed by atoms with van der Waals surface area (Å²) in [5, 5.41) is 1.11. The number of carbonyl (C=O) groups excluding carboxylic acids is 1. The monoisotopic (exact) mass is 208 g/mol. The lowest BCUT2D eigenvalue weighted by atomic mass is 9.84. The Kier molecular flexibility index (Phi) is 2.68. The predicted octanol–water partition coefficient (Wildman–Crippen LogP) is 1.83. The number of hydrazine groups is 1. The first-order valence-electron chi connectivity index (χ1n) is 5.03. The second-order valence-electron chi connectivity index (χ2n) is 3.81. The molecule has 1 saturated carbocycles. The Morgan fingerprint density at radius 2 is 1.93 bits per heavy atom. The highest BCUT2D eigenvalue weighted by Gasteiger charge is 2.28. The second-order valence-corrected chi connectivity index (χ2v) is 3.81. The van der Waals surface area contributed by atoms with Crippen molar-refractivity contribution < 1.29 is 9.18 Å². The summed E-state index contributed by atoms with van der Waals surface area (Å²) in [5.41, 5.74) is 0.535. The topological polar surface area (TPSA) is 46.3 Å². The van der Waals surface area contributed by atoms with E-state index < -0.39 is 0 Å². The number of halogens is 1. The maximum Gasteiger partial charge on any atom is 0.244 e. The Hall–Kier alpha value is -1.42. The maximum absolute atomic E-state index is 12.6. The molecule has 0 saturated heterocycles. The number of anilines is 1. The highest BCUT2D eigenvalue weighted by Crippen LogP contribution is 2.28. The molecule has 1 aliphatic rings. The summed E-state index contributed by atoms with van der Waals surface area (Å²) >= 11 is 0. The molecule has 0 atom stereocenters. The molecule has 15 heavy (non-hydrogen) atoms. The number of benzene rings is 1. The first-order chi connectivity index (χ1) is 7.18. The average molecular weight is 208 g/mol. The van der Waals surface area contributed by atoms with Gasteiger partial charge in [0.25, 0.3) is 0 Å². The Balaban J connectivity index is 2.09. The van der Waals surface area contributed by atoms with Crippen molar-refractivity contribution in [3.8, 4) is 0 Å². The molecule has 1 aromatic carbocycles. The van der Waals surface area contributed by atoms with Crippen LogP contribution in [0.1, 0.15) is 19.3 Å². The van der Waals surface area contributed by atoms with Gasteiger partial charge in [-0.1, -0.05) is 6.42 Å². The van der Waals surface area contributed by atoms with Gasteiger partial charge in [-0.05, 0) is 37.1 Å². The van der Waals surface area contributed by atoms with Crippen LogP contribution < -0.4 is 10.9 Å². The third-order valence-corrected chi connectivity index (χ3v) is 2.80. The smallest absolute Gasteiger partial charge is 0.244 e. The largest absolute Gasteiger partial charge is 0.273 e. The molecule has 0 spiro atoms. The first-order valence-corrected chi connectivity index (χ1v) is 5.03. The van der Waals surface area contributed by atoms with E-state index in [1.54, 1.807) is 0 Å². The zero-order valence-electron chi connectivity index (χ0n) is 8.32. The van der Waals surface area contributed by atoms with Gasteiger partial charge in [0.2, 0.25) is 5.91 Å². The van der Waals surface area contributed by atoms with Crippen molar-refractivity contribution in [1.29, 1.82) is 0 Å². The van der Waals surface area contributed by atoms with Crippen molar-refractivity contribution in [3.63, 3.8) is 0 Å². The zero-order valence-corrected chi connectivity index (χ0v) is 8.32. The zero-order chi connectivity index (χ0) is 10.8. The number of rotatable bonds is 2. The van der Waals surface area contributed by atoms with Crippen LogP contribution in [0.4, 0.5) is 10.1 Å². The van der Waals surface area contributed by atoms with Crippen molar-refractivity contribution in [2.45, 2.75) is 19.3 Å². The number of carbonyl (C=O) groups is 1. The van der Waals surface area contributed by atoms with Crippen LogP contribution in [0, 0.1) is 11.7 Å². The van der Waals surface area contributed by atoms with Crippen LogP contribution in [0.5, 0.6) is 0 Å². The van der Waals surface area contributed by atoms with E-state index in [9.17, 15) is 9.18 Å². The van der Waals surface area contributed by atoms with E-state index in [1.165, 1.54) is 24.3 Å². The molecule has 80 valence electrons. The van der Waals surface area contributed by atoms with Gasteiger partial charge >= 0.3 is 0 Å². The van der Waals surface area contributed by atoms with Crippen molar-refractivity contribution in [1.82, 2.24) is 0 Å². The summed E-state index contributed by atoms with van der Waals surface area (Å²) in [7, 11) is 0. The molecule has 0 aliphatic heterocycles. The third kappa shape index (κ3) is 1.99. The van der Waals surface area contributed by atoms with Crippen LogP contribution in [-0.2, 0) is 4.79 Å². The van der Waals surface area contributed by atoms with E-state index in [0.717, 1.165) is 24.3 Å². The van der Waals surface area contributed by atoms with Crippen LogP contribution in [-0.4, -0.2) is 5.91 Å². The van der Waals surface area contributed by atoms with Gasteiger partial charge in [-0.15, -0.1) is 0 Å². The Morgan fingerprint density at radius 1 is 1.33 bits per heavy atom. The molecule has 1 aromatic rings. The van der Waals surface area contributed by atoms with Gasteiger partial charge < -0.3 is 0 Å². The van der Waals surface area contributed by atoms with Crippen LogP contribution in [0.15, 0.2) is 24.3 Å². The standard InChI is InChI=1S/C11H13FN2O/c12-9-4-6-10(7-5-9)14(13)11(15)8-2-1-3-8/h4-8H,1-3,13H2. The van der Waals surface area contributed by atoms with Crippen LogP contribution in [0.25, 0.3) is 0 Å². The van der Waals surface area contributed by atoms with E-state index in [4.69, 9.17) is 5.84 Å². The van der Waals surface area contributed by atoms with E-state index in [0.29, 0.717) is 5.69 Å². The van der Waals surface area contributed by atoms with E-state index in [-0.39, 0.29) is 17.6 Å². The molecule has 2 rings (SSSR count). The number of nitrogens with two attached hydrogens (primary N) is 1. The molecule has 0 aromatic heterocycles. The van der Waals surface area contributed by atoms with E-state index in [1.807, 2.05) is 0 Å². The number of hydrogen-bond acceptors (Lipinski definition) is 2. The fourth-order valence-corrected chi connectivity index (χ4v) is 1.58. The lowest BCUT2D eigenvalue weighted by molar-refractivity contribution is -0.124. The lowest BCUT2D eigenvalue weighted by Gasteiger charge is -2.28. The highest BCUT2D eigenvalue weighted by atomic mass is 19.1. The molecule has 0 heterocycles. The minimum atomic E-state index is -0.330. The highest BCUT2D eigenvalue weighted by molar-refractivity contribution is 5.94. The molecule has 0 bridgehead atoms. The van der Waals surface area contributed by atoms with Crippen LogP contribution >= 0.6 is 0 Å². The van der Waals surface area contributed by atoms with Crippen molar-refractivity contribution in [2.75, 3.05) is 5.01 Å².